The number of hydrogen-bond acceptors (Lipinski definition) is 16. The third-order valence-electron chi connectivity index (χ3n) is 18.8. The zero-order chi connectivity index (χ0) is 54.1. The third kappa shape index (κ3) is 13.6. The smallest absolute Gasteiger partial charge is 0.0628 e. The van der Waals surface area contributed by atoms with Crippen LogP contribution >= 0.6 is 0 Å². The van der Waals surface area contributed by atoms with Crippen LogP contribution in [0.25, 0.3) is 11.1 Å². The molecule has 5 aromatic carbocycles. The van der Waals surface area contributed by atoms with Crippen molar-refractivity contribution in [1.29, 1.82) is 0 Å². The first-order valence-corrected chi connectivity index (χ1v) is 29.6. The van der Waals surface area contributed by atoms with Crippen molar-refractivity contribution in [1.82, 2.24) is 42.5 Å². The van der Waals surface area contributed by atoms with E-state index in [-0.39, 0.29) is 0 Å². The van der Waals surface area contributed by atoms with Crippen molar-refractivity contribution in [3.05, 3.63) is 121 Å². The number of nitrogens with two attached hydrogens (primary N) is 8. The topological polar surface area (TPSA) is 304 Å². The molecule has 0 aromatic heterocycles. The maximum absolute atomic E-state index is 5.61. The highest BCUT2D eigenvalue weighted by molar-refractivity contribution is 5.67. The number of anilines is 8. The second kappa shape index (κ2) is 26.0. The van der Waals surface area contributed by atoms with Crippen molar-refractivity contribution in [2.24, 2.45) is 47.3 Å². The predicted molar refractivity (Wildman–Crippen MR) is 324 cm³/mol. The summed E-state index contributed by atoms with van der Waals surface area (Å²) in [5.41, 5.74) is 51.6. The lowest BCUT2D eigenvalue weighted by Gasteiger charge is -2.35. The van der Waals surface area contributed by atoms with Gasteiger partial charge in [0.1, 0.15) is 0 Å². The van der Waals surface area contributed by atoms with Gasteiger partial charge in [-0.05, 0) is 189 Å². The summed E-state index contributed by atoms with van der Waals surface area (Å²) in [6.45, 7) is 0. The van der Waals surface area contributed by atoms with Crippen LogP contribution in [0.15, 0.2) is 121 Å². The molecule has 16 heteroatoms. The molecule has 9 fully saturated rings. The highest BCUT2D eigenvalue weighted by atomic mass is 15.4. The van der Waals surface area contributed by atoms with Gasteiger partial charge in [-0.25, -0.2) is 0 Å². The fourth-order valence-electron chi connectivity index (χ4n) is 14.9. The second-order valence-corrected chi connectivity index (χ2v) is 23.8. The van der Waals surface area contributed by atoms with Gasteiger partial charge in [0.25, 0.3) is 0 Å². The van der Waals surface area contributed by atoms with Gasteiger partial charge in [0.05, 0.1) is 60.7 Å². The Labute approximate surface area is 463 Å². The van der Waals surface area contributed by atoms with Crippen molar-refractivity contribution >= 4 is 45.5 Å². The molecule has 4 saturated carbocycles. The first-order valence-electron chi connectivity index (χ1n) is 29.6. The Morgan fingerprint density at radius 3 is 0.615 bits per heavy atom. The first kappa shape index (κ1) is 55.5. The molecular formula is C62H92N16. The van der Waals surface area contributed by atoms with Crippen LogP contribution in [0.3, 0.4) is 0 Å². The number of nitrogens with one attached hydrogen (secondary N) is 8. The molecule has 8 bridgehead atoms. The van der Waals surface area contributed by atoms with Crippen molar-refractivity contribution < 1.29 is 0 Å². The SMILES string of the molecule is C1CCC2C3NC(NC4NC(NC5NC(NC6NC(N3)C3CCCCC63)C3CCCCC53)C3CCCCC43)C2C1.Nc1ccc(-c2ccc(N)cc2)cc1.Nc1ccc(N)cc1.Nc1cccc(N)c1.Nc1ccccc1N. The molecule has 16 nitrogen and oxygen atoms in total. The molecule has 420 valence electrons. The van der Waals surface area contributed by atoms with E-state index in [4.69, 9.17) is 45.9 Å². The van der Waals surface area contributed by atoms with Crippen molar-refractivity contribution in [2.75, 3.05) is 45.9 Å². The van der Waals surface area contributed by atoms with E-state index >= 15 is 0 Å². The lowest BCUT2D eigenvalue weighted by molar-refractivity contribution is 0.167. The van der Waals surface area contributed by atoms with Gasteiger partial charge in [0.2, 0.25) is 0 Å². The van der Waals surface area contributed by atoms with Crippen LogP contribution in [0, 0.1) is 47.3 Å². The Morgan fingerprint density at radius 1 is 0.231 bits per heavy atom. The summed E-state index contributed by atoms with van der Waals surface area (Å²) in [6, 6.07) is 37.1. The van der Waals surface area contributed by atoms with Gasteiger partial charge in [0, 0.05) is 34.1 Å². The second-order valence-electron chi connectivity index (χ2n) is 23.8. The van der Waals surface area contributed by atoms with Crippen molar-refractivity contribution in [2.45, 2.75) is 152 Å². The number of hydrogen-bond donors (Lipinski definition) is 16. The van der Waals surface area contributed by atoms with Gasteiger partial charge in [-0.3, -0.25) is 42.5 Å². The molecule has 0 amide bonds. The summed E-state index contributed by atoms with van der Waals surface area (Å²) in [7, 11) is 0. The van der Waals surface area contributed by atoms with E-state index in [0.29, 0.717) is 72.1 Å². The van der Waals surface area contributed by atoms with Crippen molar-refractivity contribution in [3.8, 4) is 11.1 Å². The average molecular weight is 1060 g/mol. The van der Waals surface area contributed by atoms with Crippen LogP contribution < -0.4 is 88.4 Å². The van der Waals surface area contributed by atoms with Crippen LogP contribution in [0.2, 0.25) is 0 Å². The van der Waals surface area contributed by atoms with E-state index in [0.717, 1.165) is 81.2 Å². The summed E-state index contributed by atoms with van der Waals surface area (Å²) in [6.07, 6.45) is 25.6. The Kier molecular flexibility index (Phi) is 18.5. The van der Waals surface area contributed by atoms with E-state index in [1.807, 2.05) is 66.7 Å². The Hall–Kier alpha value is -5.82. The molecule has 24 N–H and O–H groups in total. The molecule has 8 atom stereocenters. The van der Waals surface area contributed by atoms with Crippen molar-refractivity contribution in [3.63, 3.8) is 0 Å². The van der Waals surface area contributed by atoms with E-state index in [1.165, 1.54) is 103 Å². The normalized spacial score (nSPS) is 34.1. The lowest BCUT2D eigenvalue weighted by atomic mass is 9.76. The summed E-state index contributed by atoms with van der Waals surface area (Å²) in [5, 5.41) is 33.8. The minimum Gasteiger partial charge on any atom is -0.399 e. The molecule has 5 heterocycles. The standard InChI is InChI=1S/C32H56N8.C12H12N2.3C6H8N2/c1-2-10-18-17(9-1)25-33-26(18)38-28-21-13-5-6-14-22(21)30(35-28)40-32-24-16-8-7-15-23(24)31(36-32)39-29-20-12-4-3-11-19(20)27(34-29)37-25;13-11-5-1-9(2-6-11)10-3-7-12(14)8-4-10;7-5-1-2-6(8)4-3-5;7-5-2-1-3-6(8)4-5;7-5-3-1-2-4-6(5)8/h17-40H,1-16H2;1-8H,13-14H2;3*1-4H,7-8H2. The average Bonchev–Trinajstić information content (AvgIpc) is 4.31. The molecule has 0 spiro atoms. The van der Waals surface area contributed by atoms with Gasteiger partial charge in [-0.15, -0.1) is 0 Å². The van der Waals surface area contributed by atoms with Gasteiger partial charge in [0.15, 0.2) is 0 Å². The largest absolute Gasteiger partial charge is 0.399 e. The highest BCUT2D eigenvalue weighted by Gasteiger charge is 2.54. The number of benzene rings is 5. The summed E-state index contributed by atoms with van der Waals surface area (Å²) < 4.78 is 0. The fourth-order valence-corrected chi connectivity index (χ4v) is 14.9. The summed E-state index contributed by atoms with van der Waals surface area (Å²) in [5.74, 6) is 5.97. The molecule has 8 unspecified atom stereocenters. The van der Waals surface area contributed by atoms with E-state index in [9.17, 15) is 0 Å². The number of fused-ring (bicyclic) bond motifs is 20. The quantitative estimate of drug-likeness (QED) is 0.0716. The fraction of sp³-hybridized carbons (Fsp3) is 0.516. The number of nitrogen functional groups attached to an aromatic ring is 8. The Morgan fingerprint density at radius 2 is 0.436 bits per heavy atom. The van der Waals surface area contributed by atoms with Gasteiger partial charge in [-0.2, -0.15) is 0 Å². The van der Waals surface area contributed by atoms with E-state index in [1.54, 1.807) is 54.6 Å². The summed E-state index contributed by atoms with van der Waals surface area (Å²) in [4.78, 5) is 0. The molecule has 5 aromatic rings. The van der Waals surface area contributed by atoms with Crippen LogP contribution in [0.5, 0.6) is 0 Å². The van der Waals surface area contributed by atoms with Crippen LogP contribution in [0.1, 0.15) is 103 Å². The monoisotopic (exact) mass is 1060 g/mol. The third-order valence-corrected chi connectivity index (χ3v) is 18.8. The highest BCUT2D eigenvalue weighted by Crippen LogP contribution is 2.46. The zero-order valence-corrected chi connectivity index (χ0v) is 45.7. The predicted octanol–water partition coefficient (Wildman–Crippen LogP) is 7.68. The number of rotatable bonds is 1. The van der Waals surface area contributed by atoms with Gasteiger partial charge >= 0.3 is 0 Å². The van der Waals surface area contributed by atoms with E-state index in [2.05, 4.69) is 42.5 Å². The van der Waals surface area contributed by atoms with Crippen LogP contribution in [0.4, 0.5) is 45.5 Å². The Balaban J connectivity index is 0.000000146. The molecule has 0 radical (unpaired) electrons. The minimum atomic E-state index is 0.420. The molecule has 4 aliphatic carbocycles. The molecular weight excluding hydrogens is 969 g/mol. The Bertz CT molecular complexity index is 2320. The number of para-hydroxylation sites is 2. The molecule has 5 saturated heterocycles. The molecule has 78 heavy (non-hydrogen) atoms. The minimum absolute atomic E-state index is 0.420. The molecule has 14 rings (SSSR count). The van der Waals surface area contributed by atoms with Gasteiger partial charge < -0.3 is 45.9 Å². The zero-order valence-electron chi connectivity index (χ0n) is 45.7. The van der Waals surface area contributed by atoms with Crippen LogP contribution in [-0.2, 0) is 0 Å². The lowest BCUT2D eigenvalue weighted by Crippen LogP contribution is -2.61. The molecule has 9 aliphatic rings. The first-order chi connectivity index (χ1) is 37.9. The maximum atomic E-state index is 5.61. The molecule has 5 aliphatic heterocycles. The van der Waals surface area contributed by atoms with E-state index < -0.39 is 0 Å². The van der Waals surface area contributed by atoms with Crippen LogP contribution in [-0.4, -0.2) is 49.3 Å². The maximum Gasteiger partial charge on any atom is 0.0628 e. The van der Waals surface area contributed by atoms with Gasteiger partial charge in [-0.1, -0.05) is 93.8 Å². The summed E-state index contributed by atoms with van der Waals surface area (Å²) >= 11 is 0.